The molecule has 1 aromatic heterocycles. The first-order valence-corrected chi connectivity index (χ1v) is 6.12. The van der Waals surface area contributed by atoms with Crippen LogP contribution in [0.2, 0.25) is 0 Å². The number of hydrogen-bond donors (Lipinski definition) is 1. The maximum Gasteiger partial charge on any atom is 0.103 e. The Labute approximate surface area is 88.1 Å². The summed E-state index contributed by atoms with van der Waals surface area (Å²) in [7, 11) is 0. The Hall–Kier alpha value is -0.410. The van der Waals surface area contributed by atoms with Gasteiger partial charge in [-0.05, 0) is 62.0 Å². The molecule has 2 aliphatic carbocycles. The van der Waals surface area contributed by atoms with Crippen LogP contribution in [0.3, 0.4) is 0 Å². The van der Waals surface area contributed by atoms with Gasteiger partial charge < -0.3 is 5.11 Å². The van der Waals surface area contributed by atoms with Gasteiger partial charge >= 0.3 is 0 Å². The van der Waals surface area contributed by atoms with Crippen molar-refractivity contribution in [2.45, 2.75) is 38.2 Å². The highest BCUT2D eigenvalue weighted by atomic mass is 32.1. The van der Waals surface area contributed by atoms with Crippen LogP contribution in [0.25, 0.3) is 0 Å². The molecule has 0 saturated heterocycles. The summed E-state index contributed by atoms with van der Waals surface area (Å²) in [5, 5.41) is 10.6. The average molecular weight is 209 g/mol. The first kappa shape index (κ1) is 8.86. The van der Waals surface area contributed by atoms with Crippen molar-refractivity contribution < 1.29 is 5.11 Å². The number of hydrogen-bond acceptors (Lipinski definition) is 3. The number of fused-ring (bicyclic) bond motifs is 2. The molecule has 0 radical (unpaired) electrons. The Morgan fingerprint density at radius 3 is 2.93 bits per heavy atom. The van der Waals surface area contributed by atoms with Crippen molar-refractivity contribution in [3.05, 3.63) is 16.6 Å². The summed E-state index contributed by atoms with van der Waals surface area (Å²) in [6.07, 6.45) is 4.73. The van der Waals surface area contributed by atoms with Gasteiger partial charge in [-0.3, -0.25) is 0 Å². The molecule has 3 heteroatoms. The van der Waals surface area contributed by atoms with E-state index in [0.29, 0.717) is 5.92 Å². The highest BCUT2D eigenvalue weighted by molar-refractivity contribution is 7.06. The molecule has 2 aliphatic rings. The molecule has 0 spiro atoms. The Morgan fingerprint density at radius 2 is 2.43 bits per heavy atom. The predicted molar refractivity (Wildman–Crippen MR) is 56.2 cm³/mol. The molecule has 3 rings (SSSR count). The largest absolute Gasteiger partial charge is 0.384 e. The van der Waals surface area contributed by atoms with Crippen molar-refractivity contribution in [1.29, 1.82) is 0 Å². The molecule has 2 nitrogen and oxygen atoms in total. The summed E-state index contributed by atoms with van der Waals surface area (Å²) in [4.78, 5) is 1.10. The second-order valence-electron chi connectivity index (χ2n) is 4.84. The molecule has 0 aliphatic heterocycles. The summed E-state index contributed by atoms with van der Waals surface area (Å²) in [5.74, 6) is 1.28. The Morgan fingerprint density at radius 1 is 1.57 bits per heavy atom. The lowest BCUT2D eigenvalue weighted by Gasteiger charge is -2.30. The maximum atomic E-state index is 10.6. The van der Waals surface area contributed by atoms with Crippen molar-refractivity contribution in [2.24, 2.45) is 11.8 Å². The zero-order chi connectivity index (χ0) is 9.76. The third kappa shape index (κ3) is 1.09. The summed E-state index contributed by atoms with van der Waals surface area (Å²) in [5.41, 5.74) is 0.524. The van der Waals surface area contributed by atoms with Gasteiger partial charge in [0, 0.05) is 0 Å². The van der Waals surface area contributed by atoms with Crippen LogP contribution in [0, 0.1) is 18.8 Å². The molecule has 2 saturated carbocycles. The highest BCUT2D eigenvalue weighted by Gasteiger charge is 2.51. The summed E-state index contributed by atoms with van der Waals surface area (Å²) >= 11 is 1.49. The minimum absolute atomic E-state index is 0.507. The molecule has 2 bridgehead atoms. The molecule has 2 fully saturated rings. The van der Waals surface area contributed by atoms with E-state index in [1.54, 1.807) is 0 Å². The van der Waals surface area contributed by atoms with Gasteiger partial charge in [-0.1, -0.05) is 0 Å². The van der Waals surface area contributed by atoms with E-state index in [1.807, 2.05) is 6.92 Å². The molecule has 76 valence electrons. The van der Waals surface area contributed by atoms with E-state index in [9.17, 15) is 5.11 Å². The van der Waals surface area contributed by atoms with E-state index >= 15 is 0 Å². The fourth-order valence-electron chi connectivity index (χ4n) is 3.17. The number of aryl methyl sites for hydroxylation is 1. The average Bonchev–Trinajstić information content (AvgIpc) is 2.78. The van der Waals surface area contributed by atoms with Gasteiger partial charge in [0.2, 0.25) is 0 Å². The van der Waals surface area contributed by atoms with Crippen LogP contribution in [-0.2, 0) is 5.60 Å². The third-order valence-electron chi connectivity index (χ3n) is 3.87. The Kier molecular flexibility index (Phi) is 1.77. The van der Waals surface area contributed by atoms with Crippen LogP contribution in [-0.4, -0.2) is 9.48 Å². The van der Waals surface area contributed by atoms with E-state index in [0.717, 1.165) is 22.9 Å². The lowest BCUT2D eigenvalue weighted by molar-refractivity contribution is -0.0148. The smallest absolute Gasteiger partial charge is 0.103 e. The highest BCUT2D eigenvalue weighted by Crippen LogP contribution is 2.56. The normalized spacial score (nSPS) is 40.7. The van der Waals surface area contributed by atoms with E-state index in [2.05, 4.69) is 10.4 Å². The quantitative estimate of drug-likeness (QED) is 0.770. The summed E-state index contributed by atoms with van der Waals surface area (Å²) in [6, 6.07) is 2.06. The molecule has 1 heterocycles. The van der Waals surface area contributed by atoms with E-state index in [4.69, 9.17) is 0 Å². The van der Waals surface area contributed by atoms with Crippen molar-refractivity contribution in [3.8, 4) is 0 Å². The summed E-state index contributed by atoms with van der Waals surface area (Å²) < 4.78 is 4.27. The number of nitrogens with zero attached hydrogens (tertiary/aromatic N) is 1. The van der Waals surface area contributed by atoms with Crippen LogP contribution in [0.15, 0.2) is 6.07 Å². The van der Waals surface area contributed by atoms with Crippen LogP contribution in [0.5, 0.6) is 0 Å². The third-order valence-corrected chi connectivity index (χ3v) is 4.92. The number of aromatic nitrogens is 1. The molecule has 1 N–H and O–H groups in total. The Balaban J connectivity index is 1.97. The van der Waals surface area contributed by atoms with Gasteiger partial charge in [0.05, 0.1) is 10.6 Å². The monoisotopic (exact) mass is 209 g/mol. The van der Waals surface area contributed by atoms with Gasteiger partial charge in [0.25, 0.3) is 0 Å². The molecule has 14 heavy (non-hydrogen) atoms. The van der Waals surface area contributed by atoms with Crippen LogP contribution in [0.1, 0.15) is 36.3 Å². The van der Waals surface area contributed by atoms with Crippen molar-refractivity contribution >= 4 is 11.5 Å². The molecule has 3 unspecified atom stereocenters. The fraction of sp³-hybridized carbons (Fsp3) is 0.727. The zero-order valence-corrected chi connectivity index (χ0v) is 9.18. The number of rotatable bonds is 1. The van der Waals surface area contributed by atoms with E-state index in [1.165, 1.54) is 30.8 Å². The van der Waals surface area contributed by atoms with Crippen LogP contribution in [0.4, 0.5) is 0 Å². The predicted octanol–water partition coefficient (Wildman–Crippen LogP) is 2.46. The van der Waals surface area contributed by atoms with Crippen LogP contribution >= 0.6 is 11.5 Å². The van der Waals surface area contributed by atoms with Crippen molar-refractivity contribution in [1.82, 2.24) is 4.37 Å². The maximum absolute atomic E-state index is 10.6. The van der Waals surface area contributed by atoms with Crippen LogP contribution < -0.4 is 0 Å². The lowest BCUT2D eigenvalue weighted by Crippen LogP contribution is -2.31. The standard InChI is InChI=1S/C11H15NOS/c1-7-4-10(14-12-7)11(13)6-8-2-3-9(11)5-8/h4,8-9,13H,2-3,5-6H2,1H3. The molecular weight excluding hydrogens is 194 g/mol. The second kappa shape index (κ2) is 2.80. The van der Waals surface area contributed by atoms with Gasteiger partial charge in [0.1, 0.15) is 5.60 Å². The van der Waals surface area contributed by atoms with Gasteiger partial charge in [-0.2, -0.15) is 4.37 Å². The first-order chi connectivity index (χ1) is 6.68. The van der Waals surface area contributed by atoms with Gasteiger partial charge in [-0.25, -0.2) is 0 Å². The summed E-state index contributed by atoms with van der Waals surface area (Å²) in [6.45, 7) is 2.00. The molecule has 1 aromatic rings. The van der Waals surface area contributed by atoms with E-state index in [-0.39, 0.29) is 0 Å². The molecule has 0 aromatic carbocycles. The molecule has 3 atom stereocenters. The lowest BCUT2D eigenvalue weighted by atomic mass is 9.83. The first-order valence-electron chi connectivity index (χ1n) is 5.34. The van der Waals surface area contributed by atoms with Gasteiger partial charge in [0.15, 0.2) is 0 Å². The van der Waals surface area contributed by atoms with Crippen molar-refractivity contribution in [2.75, 3.05) is 0 Å². The SMILES string of the molecule is Cc1cc(C2(O)CC3CCC2C3)sn1. The minimum atomic E-state index is -0.519. The fourth-order valence-corrected chi connectivity index (χ4v) is 4.10. The minimum Gasteiger partial charge on any atom is -0.384 e. The topological polar surface area (TPSA) is 33.1 Å². The second-order valence-corrected chi connectivity index (χ2v) is 5.64. The van der Waals surface area contributed by atoms with Gasteiger partial charge in [-0.15, -0.1) is 0 Å². The zero-order valence-electron chi connectivity index (χ0n) is 8.36. The van der Waals surface area contributed by atoms with E-state index < -0.39 is 5.60 Å². The number of aliphatic hydroxyl groups is 1. The van der Waals surface area contributed by atoms with Crippen molar-refractivity contribution in [3.63, 3.8) is 0 Å². The molecular formula is C11H15NOS. The molecule has 0 amide bonds. The Bertz CT molecular complexity index is 362.